The number of halogens is 2. The van der Waals surface area contributed by atoms with Crippen LogP contribution < -0.4 is 16.8 Å². The molecule has 0 spiro atoms. The summed E-state index contributed by atoms with van der Waals surface area (Å²) in [6.45, 7) is 0. The minimum absolute atomic E-state index is 0.299. The first-order valence-corrected chi connectivity index (χ1v) is 6.98. The molecular weight excluding hydrogens is 374 g/mol. The molecular formula is C13H11Br2N3O. The zero-order valence-corrected chi connectivity index (χ0v) is 13.0. The number of nitrogens with two attached hydrogens (primary N) is 2. The van der Waals surface area contributed by atoms with Gasteiger partial charge in [-0.25, -0.2) is 0 Å². The summed E-state index contributed by atoms with van der Waals surface area (Å²) in [7, 11) is 0. The van der Waals surface area contributed by atoms with Crippen LogP contribution in [0.1, 0.15) is 10.4 Å². The van der Waals surface area contributed by atoms with E-state index >= 15 is 0 Å². The third-order valence-corrected chi connectivity index (χ3v) is 3.87. The highest BCUT2D eigenvalue weighted by Gasteiger charge is 2.09. The SMILES string of the molecule is NC(=O)c1cc(Nc2c(Br)cccc2Br)ccc1N. The third-order valence-electron chi connectivity index (χ3n) is 2.55. The first kappa shape index (κ1) is 13.9. The van der Waals surface area contributed by atoms with E-state index in [1.807, 2.05) is 18.2 Å². The van der Waals surface area contributed by atoms with E-state index in [4.69, 9.17) is 11.5 Å². The summed E-state index contributed by atoms with van der Waals surface area (Å²) in [6.07, 6.45) is 0. The Labute approximate surface area is 127 Å². The van der Waals surface area contributed by atoms with Crippen LogP contribution in [0.15, 0.2) is 45.3 Å². The van der Waals surface area contributed by atoms with Gasteiger partial charge in [-0.15, -0.1) is 0 Å². The average Bonchev–Trinajstić information content (AvgIpc) is 2.35. The monoisotopic (exact) mass is 383 g/mol. The van der Waals surface area contributed by atoms with Gasteiger partial charge in [0.1, 0.15) is 0 Å². The van der Waals surface area contributed by atoms with Crippen molar-refractivity contribution >= 4 is 54.8 Å². The average molecular weight is 385 g/mol. The van der Waals surface area contributed by atoms with Crippen LogP contribution in [-0.2, 0) is 0 Å². The van der Waals surface area contributed by atoms with Crippen molar-refractivity contribution in [1.82, 2.24) is 0 Å². The van der Waals surface area contributed by atoms with Crippen molar-refractivity contribution in [2.75, 3.05) is 11.1 Å². The lowest BCUT2D eigenvalue weighted by molar-refractivity contribution is 0.100. The predicted molar refractivity (Wildman–Crippen MR) is 84.5 cm³/mol. The van der Waals surface area contributed by atoms with Crippen molar-refractivity contribution in [3.8, 4) is 0 Å². The van der Waals surface area contributed by atoms with Gasteiger partial charge in [0.05, 0.1) is 11.3 Å². The third kappa shape index (κ3) is 3.08. The van der Waals surface area contributed by atoms with Crippen molar-refractivity contribution in [2.45, 2.75) is 0 Å². The Morgan fingerprint density at radius 2 is 1.74 bits per heavy atom. The van der Waals surface area contributed by atoms with E-state index < -0.39 is 5.91 Å². The summed E-state index contributed by atoms with van der Waals surface area (Å²) in [5.74, 6) is -0.549. The summed E-state index contributed by atoms with van der Waals surface area (Å²) < 4.78 is 1.80. The van der Waals surface area contributed by atoms with Crippen LogP contribution in [-0.4, -0.2) is 5.91 Å². The van der Waals surface area contributed by atoms with E-state index in [-0.39, 0.29) is 0 Å². The molecule has 0 atom stereocenters. The maximum absolute atomic E-state index is 11.3. The molecule has 2 aromatic rings. The predicted octanol–water partition coefficient (Wildman–Crippen LogP) is 3.64. The highest BCUT2D eigenvalue weighted by Crippen LogP contribution is 2.33. The smallest absolute Gasteiger partial charge is 0.250 e. The molecule has 0 aliphatic rings. The molecule has 6 heteroatoms. The van der Waals surface area contributed by atoms with Gasteiger partial charge in [0.2, 0.25) is 0 Å². The molecule has 98 valence electrons. The molecule has 0 heterocycles. The Kier molecular flexibility index (Phi) is 4.11. The second-order valence-corrected chi connectivity index (χ2v) is 5.60. The molecule has 0 saturated carbocycles. The summed E-state index contributed by atoms with van der Waals surface area (Å²) >= 11 is 6.92. The van der Waals surface area contributed by atoms with Crippen molar-refractivity contribution in [3.63, 3.8) is 0 Å². The minimum atomic E-state index is -0.549. The van der Waals surface area contributed by atoms with E-state index in [9.17, 15) is 4.79 Å². The number of carbonyl (C=O) groups excluding carboxylic acids is 1. The van der Waals surface area contributed by atoms with Gasteiger partial charge >= 0.3 is 0 Å². The van der Waals surface area contributed by atoms with E-state index in [2.05, 4.69) is 37.2 Å². The number of primary amides is 1. The summed E-state index contributed by atoms with van der Waals surface area (Å²) in [4.78, 5) is 11.3. The Hall–Kier alpha value is -1.53. The molecule has 4 nitrogen and oxygen atoms in total. The van der Waals surface area contributed by atoms with Crippen LogP contribution in [0, 0.1) is 0 Å². The van der Waals surface area contributed by atoms with Crippen LogP contribution >= 0.6 is 31.9 Å². The number of carbonyl (C=O) groups is 1. The first-order chi connectivity index (χ1) is 8.99. The first-order valence-electron chi connectivity index (χ1n) is 5.39. The summed E-state index contributed by atoms with van der Waals surface area (Å²) in [6, 6.07) is 10.8. The van der Waals surface area contributed by atoms with Crippen LogP contribution in [0.2, 0.25) is 0 Å². The Morgan fingerprint density at radius 3 is 2.32 bits per heavy atom. The number of nitrogens with one attached hydrogen (secondary N) is 1. The highest BCUT2D eigenvalue weighted by molar-refractivity contribution is 9.11. The molecule has 0 aliphatic heterocycles. The van der Waals surface area contributed by atoms with E-state index in [1.165, 1.54) is 0 Å². The lowest BCUT2D eigenvalue weighted by atomic mass is 10.1. The quantitative estimate of drug-likeness (QED) is 0.706. The Balaban J connectivity index is 2.39. The number of nitrogen functional groups attached to an aromatic ring is 1. The van der Waals surface area contributed by atoms with Crippen molar-refractivity contribution in [1.29, 1.82) is 0 Å². The van der Waals surface area contributed by atoms with Crippen molar-refractivity contribution < 1.29 is 4.79 Å². The Morgan fingerprint density at radius 1 is 1.11 bits per heavy atom. The maximum atomic E-state index is 11.3. The molecule has 2 aromatic carbocycles. The standard InChI is InChI=1S/C13H11Br2N3O/c14-9-2-1-3-10(15)12(9)18-7-4-5-11(16)8(6-7)13(17)19/h1-6,18H,16H2,(H2,17,19). The number of anilines is 3. The van der Waals surface area contributed by atoms with Crippen molar-refractivity contribution in [2.24, 2.45) is 5.73 Å². The van der Waals surface area contributed by atoms with Gasteiger partial charge < -0.3 is 16.8 Å². The molecule has 0 radical (unpaired) electrons. The second kappa shape index (κ2) is 5.63. The van der Waals surface area contributed by atoms with Crippen LogP contribution in [0.4, 0.5) is 17.1 Å². The number of amides is 1. The van der Waals surface area contributed by atoms with Crippen LogP contribution in [0.25, 0.3) is 0 Å². The zero-order valence-electron chi connectivity index (χ0n) is 9.78. The fraction of sp³-hybridized carbons (Fsp3) is 0. The van der Waals surface area contributed by atoms with E-state index in [0.717, 1.165) is 20.3 Å². The fourth-order valence-corrected chi connectivity index (χ4v) is 2.81. The second-order valence-electron chi connectivity index (χ2n) is 3.89. The molecule has 0 bridgehead atoms. The molecule has 0 unspecified atom stereocenters. The topological polar surface area (TPSA) is 81.1 Å². The van der Waals surface area contributed by atoms with Gasteiger partial charge in [-0.3, -0.25) is 4.79 Å². The molecule has 0 aliphatic carbocycles. The van der Waals surface area contributed by atoms with Gasteiger partial charge in [-0.05, 0) is 62.2 Å². The van der Waals surface area contributed by atoms with Gasteiger partial charge in [-0.1, -0.05) is 6.07 Å². The largest absolute Gasteiger partial charge is 0.398 e. The van der Waals surface area contributed by atoms with Gasteiger partial charge in [0, 0.05) is 20.3 Å². The Bertz CT molecular complexity index is 624. The number of rotatable bonds is 3. The zero-order chi connectivity index (χ0) is 14.0. The summed E-state index contributed by atoms with van der Waals surface area (Å²) in [5, 5.41) is 3.21. The number of hydrogen-bond acceptors (Lipinski definition) is 3. The van der Waals surface area contributed by atoms with Gasteiger partial charge in [0.25, 0.3) is 5.91 Å². The number of benzene rings is 2. The summed E-state index contributed by atoms with van der Waals surface area (Å²) in [5.41, 5.74) is 13.2. The maximum Gasteiger partial charge on any atom is 0.250 e. The molecule has 0 fully saturated rings. The van der Waals surface area contributed by atoms with E-state index in [0.29, 0.717) is 11.3 Å². The minimum Gasteiger partial charge on any atom is -0.398 e. The number of para-hydroxylation sites is 1. The van der Waals surface area contributed by atoms with Crippen molar-refractivity contribution in [3.05, 3.63) is 50.9 Å². The van der Waals surface area contributed by atoms with Gasteiger partial charge in [0.15, 0.2) is 0 Å². The fourth-order valence-electron chi connectivity index (χ4n) is 1.61. The molecule has 5 N–H and O–H groups in total. The van der Waals surface area contributed by atoms with Gasteiger partial charge in [-0.2, -0.15) is 0 Å². The lowest BCUT2D eigenvalue weighted by Crippen LogP contribution is -2.13. The molecule has 0 saturated heterocycles. The molecule has 0 aromatic heterocycles. The normalized spacial score (nSPS) is 10.2. The highest BCUT2D eigenvalue weighted by atomic mass is 79.9. The molecule has 1 amide bonds. The van der Waals surface area contributed by atoms with E-state index in [1.54, 1.807) is 18.2 Å². The molecule has 2 rings (SSSR count). The molecule has 19 heavy (non-hydrogen) atoms. The van der Waals surface area contributed by atoms with Crippen LogP contribution in [0.3, 0.4) is 0 Å². The lowest BCUT2D eigenvalue weighted by Gasteiger charge is -2.12. The number of hydrogen-bond donors (Lipinski definition) is 3. The van der Waals surface area contributed by atoms with Crippen LogP contribution in [0.5, 0.6) is 0 Å².